The number of benzene rings is 2. The number of aryl methyl sites for hydroxylation is 1. The molecular weight excluding hydrogens is 390 g/mol. The highest BCUT2D eigenvalue weighted by molar-refractivity contribution is 7.80. The second-order valence-corrected chi connectivity index (χ2v) is 6.70. The van der Waals surface area contributed by atoms with Crippen LogP contribution >= 0.6 is 12.2 Å². The zero-order valence-electron chi connectivity index (χ0n) is 16.7. The van der Waals surface area contributed by atoms with E-state index in [9.17, 15) is 9.59 Å². The highest BCUT2D eigenvalue weighted by Gasteiger charge is 2.14. The number of para-hydroxylation sites is 1. The van der Waals surface area contributed by atoms with Gasteiger partial charge in [0, 0.05) is 0 Å². The number of rotatable bonds is 7. The van der Waals surface area contributed by atoms with Gasteiger partial charge in [0.2, 0.25) is 0 Å². The van der Waals surface area contributed by atoms with Crippen LogP contribution in [-0.4, -0.2) is 30.1 Å². The average molecular weight is 416 g/mol. The van der Waals surface area contributed by atoms with Gasteiger partial charge >= 0.3 is 0 Å². The van der Waals surface area contributed by atoms with Crippen molar-refractivity contribution in [3.8, 4) is 11.5 Å². The molecule has 8 heteroatoms. The molecule has 0 heterocycles. The molecule has 0 saturated carbocycles. The maximum absolute atomic E-state index is 12.4. The first kappa shape index (κ1) is 22.2. The van der Waals surface area contributed by atoms with Crippen LogP contribution in [0.5, 0.6) is 11.5 Å². The zero-order valence-corrected chi connectivity index (χ0v) is 17.5. The van der Waals surface area contributed by atoms with Crippen molar-refractivity contribution in [2.45, 2.75) is 27.2 Å². The largest absolute Gasteiger partial charge is 0.493 e. The minimum absolute atomic E-state index is 0.0413. The third kappa shape index (κ3) is 6.76. The third-order valence-electron chi connectivity index (χ3n) is 4.05. The first-order valence-electron chi connectivity index (χ1n) is 9.23. The first-order chi connectivity index (χ1) is 13.9. The Morgan fingerprint density at radius 2 is 1.69 bits per heavy atom. The Bertz CT molecular complexity index is 886. The minimum Gasteiger partial charge on any atom is -0.493 e. The summed E-state index contributed by atoms with van der Waals surface area (Å²) in [6, 6.07) is 12.5. The van der Waals surface area contributed by atoms with E-state index in [0.717, 1.165) is 17.5 Å². The van der Waals surface area contributed by atoms with E-state index in [4.69, 9.17) is 21.7 Å². The van der Waals surface area contributed by atoms with Crippen LogP contribution in [0.25, 0.3) is 0 Å². The molecule has 7 nitrogen and oxygen atoms in total. The van der Waals surface area contributed by atoms with E-state index in [1.165, 1.54) is 0 Å². The van der Waals surface area contributed by atoms with Gasteiger partial charge in [-0.1, -0.05) is 31.2 Å². The molecule has 154 valence electrons. The Morgan fingerprint density at radius 1 is 0.966 bits per heavy atom. The molecule has 0 spiro atoms. The van der Waals surface area contributed by atoms with Gasteiger partial charge in [0.25, 0.3) is 11.8 Å². The standard InChI is InChI=1S/C21H25N3O4S/c1-4-12-27-18-10-6-5-9-16(18)20(26)22-21(29)24-23-19(25)13-28-17-11-7-8-14(2)15(17)3/h5-11H,4,12-13H2,1-3H3,(H,23,25)(H2,22,24,26,29). The van der Waals surface area contributed by atoms with Gasteiger partial charge < -0.3 is 9.47 Å². The molecular formula is C21H25N3O4S. The zero-order chi connectivity index (χ0) is 21.2. The predicted molar refractivity (Wildman–Crippen MR) is 115 cm³/mol. The topological polar surface area (TPSA) is 88.7 Å². The van der Waals surface area contributed by atoms with Gasteiger partial charge in [0.15, 0.2) is 11.7 Å². The average Bonchev–Trinajstić information content (AvgIpc) is 2.72. The Labute approximate surface area is 175 Å². The summed E-state index contributed by atoms with van der Waals surface area (Å²) in [4.78, 5) is 24.4. The monoisotopic (exact) mass is 415 g/mol. The summed E-state index contributed by atoms with van der Waals surface area (Å²) in [5.41, 5.74) is 7.28. The lowest BCUT2D eigenvalue weighted by atomic mass is 10.1. The number of thiocarbonyl (C=S) groups is 1. The van der Waals surface area contributed by atoms with E-state index in [1.54, 1.807) is 30.3 Å². The number of hydrazine groups is 1. The van der Waals surface area contributed by atoms with Crippen LogP contribution in [0.1, 0.15) is 34.8 Å². The molecule has 0 aliphatic heterocycles. The van der Waals surface area contributed by atoms with E-state index in [2.05, 4.69) is 16.2 Å². The Morgan fingerprint density at radius 3 is 2.45 bits per heavy atom. The van der Waals surface area contributed by atoms with Crippen molar-refractivity contribution in [3.05, 3.63) is 59.2 Å². The number of carbonyl (C=O) groups excluding carboxylic acids is 2. The molecule has 0 aliphatic rings. The van der Waals surface area contributed by atoms with E-state index in [1.807, 2.05) is 32.9 Å². The van der Waals surface area contributed by atoms with Crippen molar-refractivity contribution in [3.63, 3.8) is 0 Å². The van der Waals surface area contributed by atoms with Crippen molar-refractivity contribution >= 4 is 29.1 Å². The summed E-state index contributed by atoms with van der Waals surface area (Å²) in [6.45, 7) is 6.18. The molecule has 0 aromatic heterocycles. The van der Waals surface area contributed by atoms with Crippen LogP contribution in [0, 0.1) is 13.8 Å². The fraction of sp³-hybridized carbons (Fsp3) is 0.286. The van der Waals surface area contributed by atoms with Crippen molar-refractivity contribution in [2.24, 2.45) is 0 Å². The maximum Gasteiger partial charge on any atom is 0.276 e. The van der Waals surface area contributed by atoms with E-state index < -0.39 is 11.8 Å². The fourth-order valence-corrected chi connectivity index (χ4v) is 2.52. The molecule has 0 radical (unpaired) electrons. The number of hydrogen-bond acceptors (Lipinski definition) is 5. The molecule has 0 unspecified atom stereocenters. The summed E-state index contributed by atoms with van der Waals surface area (Å²) in [5.74, 6) is 0.240. The molecule has 3 N–H and O–H groups in total. The van der Waals surface area contributed by atoms with Crippen molar-refractivity contribution < 1.29 is 19.1 Å². The quantitative estimate of drug-likeness (QED) is 0.476. The predicted octanol–water partition coefficient (Wildman–Crippen LogP) is 2.81. The molecule has 2 rings (SSSR count). The fourth-order valence-electron chi connectivity index (χ4n) is 2.38. The van der Waals surface area contributed by atoms with Crippen LogP contribution in [0.2, 0.25) is 0 Å². The van der Waals surface area contributed by atoms with E-state index >= 15 is 0 Å². The van der Waals surface area contributed by atoms with Gasteiger partial charge in [-0.2, -0.15) is 0 Å². The van der Waals surface area contributed by atoms with E-state index in [-0.39, 0.29) is 11.7 Å². The summed E-state index contributed by atoms with van der Waals surface area (Å²) in [5, 5.41) is 2.46. The van der Waals surface area contributed by atoms with Crippen LogP contribution in [0.4, 0.5) is 0 Å². The van der Waals surface area contributed by atoms with Crippen LogP contribution in [0.3, 0.4) is 0 Å². The second kappa shape index (κ2) is 11.0. The van der Waals surface area contributed by atoms with Crippen LogP contribution in [-0.2, 0) is 4.79 Å². The van der Waals surface area contributed by atoms with Crippen LogP contribution in [0.15, 0.2) is 42.5 Å². The van der Waals surface area contributed by atoms with Crippen molar-refractivity contribution in [1.29, 1.82) is 0 Å². The molecule has 0 fully saturated rings. The SMILES string of the molecule is CCCOc1ccccc1C(=O)NC(=S)NNC(=O)COc1cccc(C)c1C. The van der Waals surface area contributed by atoms with Crippen molar-refractivity contribution in [1.82, 2.24) is 16.2 Å². The number of nitrogens with one attached hydrogen (secondary N) is 3. The molecule has 0 saturated heterocycles. The first-order valence-corrected chi connectivity index (χ1v) is 9.64. The van der Waals surface area contributed by atoms with Gasteiger partial charge in [-0.05, 0) is 61.8 Å². The second-order valence-electron chi connectivity index (χ2n) is 6.29. The molecule has 2 aromatic rings. The summed E-state index contributed by atoms with van der Waals surface area (Å²) in [6.07, 6.45) is 0.825. The number of amides is 2. The van der Waals surface area contributed by atoms with Gasteiger partial charge in [-0.3, -0.25) is 25.8 Å². The molecule has 2 amide bonds. The third-order valence-corrected chi connectivity index (χ3v) is 4.25. The summed E-state index contributed by atoms with van der Waals surface area (Å²) < 4.78 is 11.1. The summed E-state index contributed by atoms with van der Waals surface area (Å²) >= 11 is 5.06. The molecule has 29 heavy (non-hydrogen) atoms. The van der Waals surface area contributed by atoms with Gasteiger partial charge in [-0.15, -0.1) is 0 Å². The smallest absolute Gasteiger partial charge is 0.276 e. The Kier molecular flexibility index (Phi) is 8.42. The highest BCUT2D eigenvalue weighted by atomic mass is 32.1. The van der Waals surface area contributed by atoms with Gasteiger partial charge in [0.1, 0.15) is 11.5 Å². The lowest BCUT2D eigenvalue weighted by Crippen LogP contribution is -2.49. The molecule has 2 aromatic carbocycles. The Hall–Kier alpha value is -3.13. The molecule has 0 atom stereocenters. The lowest BCUT2D eigenvalue weighted by molar-refractivity contribution is -0.123. The maximum atomic E-state index is 12.4. The number of carbonyl (C=O) groups is 2. The number of hydrogen-bond donors (Lipinski definition) is 3. The van der Waals surface area contributed by atoms with E-state index in [0.29, 0.717) is 23.7 Å². The minimum atomic E-state index is -0.436. The van der Waals surface area contributed by atoms with Crippen LogP contribution < -0.4 is 25.6 Å². The Balaban J connectivity index is 1.81. The normalized spacial score (nSPS) is 10.0. The van der Waals surface area contributed by atoms with Crippen molar-refractivity contribution in [2.75, 3.05) is 13.2 Å². The number of ether oxygens (including phenoxy) is 2. The molecule has 0 aliphatic carbocycles. The van der Waals surface area contributed by atoms with Gasteiger partial charge in [-0.25, -0.2) is 0 Å². The summed E-state index contributed by atoms with van der Waals surface area (Å²) in [7, 11) is 0. The van der Waals surface area contributed by atoms with Gasteiger partial charge in [0.05, 0.1) is 12.2 Å². The molecule has 0 bridgehead atoms. The lowest BCUT2D eigenvalue weighted by Gasteiger charge is -2.14. The highest BCUT2D eigenvalue weighted by Crippen LogP contribution is 2.20.